The molecule has 2 heterocycles. The third kappa shape index (κ3) is 2.72. The zero-order valence-electron chi connectivity index (χ0n) is 13.8. The van der Waals surface area contributed by atoms with Gasteiger partial charge in [-0.2, -0.15) is 5.26 Å². The lowest BCUT2D eigenvalue weighted by molar-refractivity contribution is 0.413. The van der Waals surface area contributed by atoms with Crippen LogP contribution in [0.1, 0.15) is 23.5 Å². The van der Waals surface area contributed by atoms with E-state index in [4.69, 9.17) is 11.6 Å². The maximum atomic E-state index is 13.3. The molecule has 6 heteroatoms. The van der Waals surface area contributed by atoms with E-state index in [1.165, 1.54) is 11.6 Å². The summed E-state index contributed by atoms with van der Waals surface area (Å²) in [7, 11) is 2.07. The van der Waals surface area contributed by atoms with Gasteiger partial charge in [0.2, 0.25) is 0 Å². The highest BCUT2D eigenvalue weighted by Crippen LogP contribution is 2.45. The highest BCUT2D eigenvalue weighted by atomic mass is 35.5. The van der Waals surface area contributed by atoms with Gasteiger partial charge in [-0.1, -0.05) is 11.6 Å². The largest absolute Gasteiger partial charge is 0.370 e. The number of nitrogens with zero attached hydrogens (tertiary/aromatic N) is 2. The maximum absolute atomic E-state index is 13.3. The van der Waals surface area contributed by atoms with Crippen molar-refractivity contribution in [2.75, 3.05) is 30.4 Å². The van der Waals surface area contributed by atoms with Gasteiger partial charge < -0.3 is 15.5 Å². The SMILES string of the molecule is CN1c2c(C#N)cc(Nc3ccc(F)c(Cl)c3)cc2[C@@H]2CNCC[C@@H]21. The first kappa shape index (κ1) is 16.2. The van der Waals surface area contributed by atoms with E-state index in [-0.39, 0.29) is 5.02 Å². The van der Waals surface area contributed by atoms with E-state index < -0.39 is 5.82 Å². The van der Waals surface area contributed by atoms with Crippen LogP contribution in [0.5, 0.6) is 0 Å². The maximum Gasteiger partial charge on any atom is 0.141 e. The van der Waals surface area contributed by atoms with E-state index >= 15 is 0 Å². The Morgan fingerprint density at radius 3 is 2.92 bits per heavy atom. The Bertz CT molecular complexity index is 876. The normalized spacial score (nSPS) is 21.4. The van der Waals surface area contributed by atoms with Gasteiger partial charge in [0.05, 0.1) is 16.3 Å². The molecule has 0 amide bonds. The molecule has 4 nitrogen and oxygen atoms in total. The van der Waals surface area contributed by atoms with Gasteiger partial charge in [0.25, 0.3) is 0 Å². The molecule has 0 aromatic heterocycles. The zero-order chi connectivity index (χ0) is 17.6. The van der Waals surface area contributed by atoms with Crippen LogP contribution in [0.4, 0.5) is 21.5 Å². The monoisotopic (exact) mass is 356 g/mol. The molecule has 0 spiro atoms. The minimum absolute atomic E-state index is 0.0722. The Hall–Kier alpha value is -2.29. The van der Waals surface area contributed by atoms with Crippen LogP contribution >= 0.6 is 11.6 Å². The number of likely N-dealkylation sites (N-methyl/N-ethyl adjacent to an activating group) is 1. The standard InChI is InChI=1S/C19H18ClFN4/c1-25-18-4-5-23-10-15(18)14-7-13(6-11(9-22)19(14)25)24-12-2-3-17(21)16(20)8-12/h2-3,6-8,15,18,23-24H,4-5,10H2,1H3/t15-,18-/m0/s1. The fourth-order valence-corrected chi connectivity index (χ4v) is 4.20. The third-order valence-corrected chi connectivity index (χ3v) is 5.45. The summed E-state index contributed by atoms with van der Waals surface area (Å²) in [5.41, 5.74) is 4.39. The molecule has 2 atom stereocenters. The number of halogens is 2. The molecule has 0 saturated carbocycles. The summed E-state index contributed by atoms with van der Waals surface area (Å²) >= 11 is 5.86. The van der Waals surface area contributed by atoms with Crippen LogP contribution in [-0.4, -0.2) is 26.2 Å². The van der Waals surface area contributed by atoms with Crippen molar-refractivity contribution in [1.29, 1.82) is 5.26 Å². The van der Waals surface area contributed by atoms with Crippen LogP contribution in [0, 0.1) is 17.1 Å². The Balaban J connectivity index is 1.74. The van der Waals surface area contributed by atoms with E-state index in [1.807, 2.05) is 6.07 Å². The number of piperidine rings is 1. The van der Waals surface area contributed by atoms with Crippen molar-refractivity contribution in [1.82, 2.24) is 5.32 Å². The molecule has 2 aliphatic rings. The molecule has 0 bridgehead atoms. The fourth-order valence-electron chi connectivity index (χ4n) is 4.02. The lowest BCUT2D eigenvalue weighted by Crippen LogP contribution is -2.42. The van der Waals surface area contributed by atoms with Gasteiger partial charge in [-0.3, -0.25) is 0 Å². The van der Waals surface area contributed by atoms with Gasteiger partial charge in [-0.05, 0) is 48.9 Å². The highest BCUT2D eigenvalue weighted by molar-refractivity contribution is 6.31. The molecule has 2 aromatic carbocycles. The summed E-state index contributed by atoms with van der Waals surface area (Å²) < 4.78 is 13.3. The molecule has 2 aliphatic heterocycles. The number of rotatable bonds is 2. The van der Waals surface area contributed by atoms with Crippen LogP contribution in [0.25, 0.3) is 0 Å². The Morgan fingerprint density at radius 2 is 2.16 bits per heavy atom. The summed E-state index contributed by atoms with van der Waals surface area (Å²) in [6, 6.07) is 11.2. The Labute approximate surface area is 151 Å². The average Bonchev–Trinajstić information content (AvgIpc) is 2.91. The van der Waals surface area contributed by atoms with Gasteiger partial charge in [-0.15, -0.1) is 0 Å². The zero-order valence-corrected chi connectivity index (χ0v) is 14.6. The van der Waals surface area contributed by atoms with Crippen molar-refractivity contribution in [2.24, 2.45) is 0 Å². The molecule has 2 aromatic rings. The highest BCUT2D eigenvalue weighted by Gasteiger charge is 2.39. The number of hydrogen-bond donors (Lipinski definition) is 2. The van der Waals surface area contributed by atoms with Crippen molar-refractivity contribution in [2.45, 2.75) is 18.4 Å². The van der Waals surface area contributed by atoms with E-state index in [0.717, 1.165) is 30.9 Å². The number of nitrogens with one attached hydrogen (secondary N) is 2. The summed E-state index contributed by atoms with van der Waals surface area (Å²) in [5.74, 6) is -0.0731. The number of hydrogen-bond acceptors (Lipinski definition) is 4. The van der Waals surface area contributed by atoms with Crippen molar-refractivity contribution in [3.63, 3.8) is 0 Å². The van der Waals surface area contributed by atoms with Gasteiger partial charge >= 0.3 is 0 Å². The summed E-state index contributed by atoms with van der Waals surface area (Å²) in [4.78, 5) is 2.25. The molecule has 2 N–H and O–H groups in total. The van der Waals surface area contributed by atoms with Crippen LogP contribution in [0.15, 0.2) is 30.3 Å². The lowest BCUT2D eigenvalue weighted by atomic mass is 9.89. The van der Waals surface area contributed by atoms with E-state index in [1.54, 1.807) is 12.1 Å². The summed E-state index contributed by atoms with van der Waals surface area (Å²) in [6.45, 7) is 1.92. The van der Waals surface area contributed by atoms with Crippen molar-refractivity contribution < 1.29 is 4.39 Å². The third-order valence-electron chi connectivity index (χ3n) is 5.16. The van der Waals surface area contributed by atoms with Crippen LogP contribution < -0.4 is 15.5 Å². The second kappa shape index (κ2) is 6.21. The quantitative estimate of drug-likeness (QED) is 0.854. The minimum Gasteiger partial charge on any atom is -0.370 e. The topological polar surface area (TPSA) is 51.1 Å². The van der Waals surface area contributed by atoms with Gasteiger partial charge in [0.15, 0.2) is 0 Å². The molecule has 128 valence electrons. The van der Waals surface area contributed by atoms with Crippen molar-refractivity contribution in [3.8, 4) is 6.07 Å². The lowest BCUT2D eigenvalue weighted by Gasteiger charge is -2.31. The molecule has 4 rings (SSSR count). The first-order valence-electron chi connectivity index (χ1n) is 8.32. The van der Waals surface area contributed by atoms with Crippen molar-refractivity contribution in [3.05, 3.63) is 52.3 Å². The predicted molar refractivity (Wildman–Crippen MR) is 98.3 cm³/mol. The van der Waals surface area contributed by atoms with E-state index in [2.05, 4.69) is 34.7 Å². The first-order valence-corrected chi connectivity index (χ1v) is 8.70. The Kier molecular flexibility index (Phi) is 4.03. The molecule has 0 radical (unpaired) electrons. The van der Waals surface area contributed by atoms with E-state index in [9.17, 15) is 9.65 Å². The molecule has 1 fully saturated rings. The number of fused-ring (bicyclic) bond motifs is 3. The Morgan fingerprint density at radius 1 is 1.32 bits per heavy atom. The van der Waals surface area contributed by atoms with E-state index in [0.29, 0.717) is 23.2 Å². The fraction of sp³-hybridized carbons (Fsp3) is 0.316. The number of benzene rings is 2. The average molecular weight is 357 g/mol. The van der Waals surface area contributed by atoms with Crippen LogP contribution in [-0.2, 0) is 0 Å². The number of anilines is 3. The molecule has 0 aliphatic carbocycles. The molecule has 0 unspecified atom stereocenters. The van der Waals surface area contributed by atoms with Crippen molar-refractivity contribution >= 4 is 28.7 Å². The smallest absolute Gasteiger partial charge is 0.141 e. The summed E-state index contributed by atoms with van der Waals surface area (Å²) in [6.07, 6.45) is 1.07. The van der Waals surface area contributed by atoms with Gasteiger partial charge in [-0.25, -0.2) is 4.39 Å². The predicted octanol–water partition coefficient (Wildman–Crippen LogP) is 3.99. The second-order valence-electron chi connectivity index (χ2n) is 6.60. The molecular weight excluding hydrogens is 339 g/mol. The molecule has 25 heavy (non-hydrogen) atoms. The van der Waals surface area contributed by atoms with Gasteiger partial charge in [0.1, 0.15) is 11.9 Å². The first-order chi connectivity index (χ1) is 12.1. The number of nitriles is 1. The van der Waals surface area contributed by atoms with Crippen LogP contribution in [0.3, 0.4) is 0 Å². The summed E-state index contributed by atoms with van der Waals surface area (Å²) in [5, 5.41) is 16.4. The second-order valence-corrected chi connectivity index (χ2v) is 7.01. The molecular formula is C19H18ClFN4. The molecule has 1 saturated heterocycles. The van der Waals surface area contributed by atoms with Gasteiger partial charge in [0, 0.05) is 36.9 Å². The van der Waals surface area contributed by atoms with Crippen LogP contribution in [0.2, 0.25) is 5.02 Å². The minimum atomic E-state index is -0.448.